The van der Waals surface area contributed by atoms with Crippen LogP contribution in [0.3, 0.4) is 0 Å². The Bertz CT molecular complexity index is 805. The van der Waals surface area contributed by atoms with Crippen molar-refractivity contribution in [3.05, 3.63) is 24.3 Å². The zero-order chi connectivity index (χ0) is 19.4. The van der Waals surface area contributed by atoms with E-state index in [0.29, 0.717) is 21.6 Å². The molecule has 3 rings (SSSR count). The summed E-state index contributed by atoms with van der Waals surface area (Å²) in [6.45, 7) is 3.67. The molecule has 1 aliphatic rings. The molecule has 27 heavy (non-hydrogen) atoms. The standard InChI is InChI=1S/C18H22N4O3S2/c1-4-15(23)22(13-7-8-13)17-20-21-18(27-17)26-11(2)16(24)19-12-5-9-14(25-3)10-6-12/h5-6,9-11,13H,4,7-8H2,1-3H3,(H,19,24)/t11-/m1/s1. The van der Waals surface area contributed by atoms with Gasteiger partial charge in [-0.15, -0.1) is 10.2 Å². The maximum absolute atomic E-state index is 12.4. The number of hydrogen-bond donors (Lipinski definition) is 1. The molecular formula is C18H22N4O3S2. The third kappa shape index (κ3) is 4.98. The second-order valence-electron chi connectivity index (χ2n) is 6.18. The highest BCUT2D eigenvalue weighted by Gasteiger charge is 2.35. The maximum atomic E-state index is 12.4. The van der Waals surface area contributed by atoms with E-state index in [4.69, 9.17) is 4.74 Å². The average Bonchev–Trinajstić information content (AvgIpc) is 3.41. The molecule has 1 atom stereocenters. The predicted octanol–water partition coefficient (Wildman–Crippen LogP) is 3.57. The molecule has 1 fully saturated rings. The first-order valence-electron chi connectivity index (χ1n) is 8.79. The SMILES string of the molecule is CCC(=O)N(c1nnc(S[C@H](C)C(=O)Nc2ccc(OC)cc2)s1)C1CC1. The minimum atomic E-state index is -0.343. The lowest BCUT2D eigenvalue weighted by atomic mass is 10.3. The van der Waals surface area contributed by atoms with Crippen LogP contribution in [-0.4, -0.2) is 40.4 Å². The van der Waals surface area contributed by atoms with Crippen LogP contribution in [0, 0.1) is 0 Å². The van der Waals surface area contributed by atoms with Crippen molar-refractivity contribution in [1.29, 1.82) is 0 Å². The summed E-state index contributed by atoms with van der Waals surface area (Å²) in [5.74, 6) is 0.680. The minimum absolute atomic E-state index is 0.0653. The molecule has 0 saturated heterocycles. The van der Waals surface area contributed by atoms with Crippen LogP contribution in [0.1, 0.15) is 33.1 Å². The van der Waals surface area contributed by atoms with Gasteiger partial charge in [0.15, 0.2) is 4.34 Å². The predicted molar refractivity (Wildman–Crippen MR) is 108 cm³/mol. The van der Waals surface area contributed by atoms with Crippen LogP contribution in [0.2, 0.25) is 0 Å². The number of carbonyl (C=O) groups excluding carboxylic acids is 2. The number of amides is 2. The smallest absolute Gasteiger partial charge is 0.237 e. The Labute approximate surface area is 166 Å². The molecule has 1 saturated carbocycles. The van der Waals surface area contributed by atoms with Crippen LogP contribution in [-0.2, 0) is 9.59 Å². The second-order valence-corrected chi connectivity index (χ2v) is 8.72. The number of rotatable bonds is 8. The monoisotopic (exact) mass is 406 g/mol. The number of benzene rings is 1. The summed E-state index contributed by atoms with van der Waals surface area (Å²) in [7, 11) is 1.60. The van der Waals surface area contributed by atoms with Crippen molar-refractivity contribution >= 4 is 45.7 Å². The number of hydrogen-bond acceptors (Lipinski definition) is 7. The molecule has 0 bridgehead atoms. The lowest BCUT2D eigenvalue weighted by Gasteiger charge is -2.17. The number of anilines is 2. The van der Waals surface area contributed by atoms with Crippen molar-refractivity contribution in [2.24, 2.45) is 0 Å². The van der Waals surface area contributed by atoms with E-state index in [1.54, 1.807) is 36.3 Å². The van der Waals surface area contributed by atoms with Gasteiger partial charge < -0.3 is 10.1 Å². The summed E-state index contributed by atoms with van der Waals surface area (Å²) < 4.78 is 5.79. The first-order chi connectivity index (χ1) is 13.0. The molecule has 0 aliphatic heterocycles. The summed E-state index contributed by atoms with van der Waals surface area (Å²) in [5, 5.41) is 11.5. The van der Waals surface area contributed by atoms with Gasteiger partial charge in [-0.25, -0.2) is 0 Å². The van der Waals surface area contributed by atoms with Gasteiger partial charge in [-0.05, 0) is 44.0 Å². The Morgan fingerprint density at radius 1 is 1.33 bits per heavy atom. The lowest BCUT2D eigenvalue weighted by Crippen LogP contribution is -2.32. The molecule has 1 aromatic heterocycles. The van der Waals surface area contributed by atoms with Crippen LogP contribution in [0.4, 0.5) is 10.8 Å². The molecule has 9 heteroatoms. The number of thioether (sulfide) groups is 1. The molecule has 0 spiro atoms. The van der Waals surface area contributed by atoms with Crippen molar-refractivity contribution in [2.75, 3.05) is 17.3 Å². The van der Waals surface area contributed by atoms with Crippen molar-refractivity contribution < 1.29 is 14.3 Å². The number of nitrogens with one attached hydrogen (secondary N) is 1. The topological polar surface area (TPSA) is 84.4 Å². The summed E-state index contributed by atoms with van der Waals surface area (Å²) in [6, 6.07) is 7.42. The zero-order valence-electron chi connectivity index (χ0n) is 15.5. The molecule has 2 amide bonds. The number of nitrogens with zero attached hydrogens (tertiary/aromatic N) is 3. The van der Waals surface area contributed by atoms with E-state index < -0.39 is 0 Å². The van der Waals surface area contributed by atoms with Gasteiger partial charge in [0, 0.05) is 18.2 Å². The molecular weight excluding hydrogens is 384 g/mol. The van der Waals surface area contributed by atoms with E-state index in [1.807, 2.05) is 13.8 Å². The zero-order valence-corrected chi connectivity index (χ0v) is 17.1. The quantitative estimate of drug-likeness (QED) is 0.533. The van der Waals surface area contributed by atoms with Crippen molar-refractivity contribution in [3.63, 3.8) is 0 Å². The Balaban J connectivity index is 1.60. The van der Waals surface area contributed by atoms with Gasteiger partial charge in [-0.2, -0.15) is 0 Å². The van der Waals surface area contributed by atoms with Gasteiger partial charge in [0.2, 0.25) is 16.9 Å². The van der Waals surface area contributed by atoms with Gasteiger partial charge in [-0.3, -0.25) is 14.5 Å². The normalized spacial score (nSPS) is 14.5. The average molecular weight is 407 g/mol. The van der Waals surface area contributed by atoms with E-state index in [9.17, 15) is 9.59 Å². The first kappa shape index (κ1) is 19.6. The molecule has 1 aliphatic carbocycles. The third-order valence-electron chi connectivity index (χ3n) is 4.09. The molecule has 1 aromatic carbocycles. The van der Waals surface area contributed by atoms with E-state index in [2.05, 4.69) is 15.5 Å². The molecule has 0 radical (unpaired) electrons. The number of ether oxygens (including phenoxy) is 1. The Kier molecular flexibility index (Phi) is 6.33. The number of aromatic nitrogens is 2. The maximum Gasteiger partial charge on any atom is 0.237 e. The first-order valence-corrected chi connectivity index (χ1v) is 10.5. The fourth-order valence-corrected chi connectivity index (χ4v) is 4.51. The van der Waals surface area contributed by atoms with Gasteiger partial charge in [-0.1, -0.05) is 30.0 Å². The second kappa shape index (κ2) is 8.71. The van der Waals surface area contributed by atoms with Gasteiger partial charge in [0.05, 0.1) is 12.4 Å². The van der Waals surface area contributed by atoms with Gasteiger partial charge in [0.1, 0.15) is 5.75 Å². The van der Waals surface area contributed by atoms with E-state index in [1.165, 1.54) is 23.1 Å². The minimum Gasteiger partial charge on any atom is -0.497 e. The van der Waals surface area contributed by atoms with E-state index >= 15 is 0 Å². The highest BCUT2D eigenvalue weighted by atomic mass is 32.2. The molecule has 0 unspecified atom stereocenters. The summed E-state index contributed by atoms with van der Waals surface area (Å²) in [4.78, 5) is 26.3. The van der Waals surface area contributed by atoms with Crippen molar-refractivity contribution in [3.8, 4) is 5.75 Å². The summed E-state index contributed by atoms with van der Waals surface area (Å²) in [6.07, 6.45) is 2.46. The molecule has 1 heterocycles. The van der Waals surface area contributed by atoms with E-state index in [0.717, 1.165) is 18.6 Å². The fraction of sp³-hybridized carbons (Fsp3) is 0.444. The van der Waals surface area contributed by atoms with Crippen LogP contribution < -0.4 is 15.0 Å². The lowest BCUT2D eigenvalue weighted by molar-refractivity contribution is -0.118. The Hall–Kier alpha value is -2.13. The van der Waals surface area contributed by atoms with E-state index in [-0.39, 0.29) is 23.1 Å². The number of carbonyl (C=O) groups is 2. The largest absolute Gasteiger partial charge is 0.497 e. The molecule has 2 aromatic rings. The van der Waals surface area contributed by atoms with Gasteiger partial charge in [0.25, 0.3) is 0 Å². The Morgan fingerprint density at radius 2 is 2.04 bits per heavy atom. The highest BCUT2D eigenvalue weighted by Crippen LogP contribution is 2.37. The molecule has 144 valence electrons. The molecule has 1 N–H and O–H groups in total. The summed E-state index contributed by atoms with van der Waals surface area (Å²) >= 11 is 2.70. The van der Waals surface area contributed by atoms with Crippen LogP contribution >= 0.6 is 23.1 Å². The third-order valence-corrected chi connectivity index (χ3v) is 6.20. The highest BCUT2D eigenvalue weighted by molar-refractivity contribution is 8.02. The fourth-order valence-electron chi connectivity index (χ4n) is 2.44. The van der Waals surface area contributed by atoms with Crippen LogP contribution in [0.25, 0.3) is 0 Å². The van der Waals surface area contributed by atoms with Crippen LogP contribution in [0.15, 0.2) is 28.6 Å². The van der Waals surface area contributed by atoms with Crippen molar-refractivity contribution in [2.45, 2.75) is 48.7 Å². The molecule has 7 nitrogen and oxygen atoms in total. The van der Waals surface area contributed by atoms with Crippen molar-refractivity contribution in [1.82, 2.24) is 10.2 Å². The Morgan fingerprint density at radius 3 is 2.63 bits per heavy atom. The van der Waals surface area contributed by atoms with Gasteiger partial charge >= 0.3 is 0 Å². The summed E-state index contributed by atoms with van der Waals surface area (Å²) in [5.41, 5.74) is 0.708. The number of methoxy groups -OCH3 is 1. The van der Waals surface area contributed by atoms with Crippen LogP contribution in [0.5, 0.6) is 5.75 Å².